The van der Waals surface area contributed by atoms with Crippen molar-refractivity contribution in [2.24, 2.45) is 0 Å². The third-order valence-electron chi connectivity index (χ3n) is 14.1. The molecule has 10 rings (SSSR count). The second-order valence-electron chi connectivity index (χ2n) is 19.7. The van der Waals surface area contributed by atoms with Crippen molar-refractivity contribution < 1.29 is 24.1 Å². The monoisotopic (exact) mass is 1310 g/mol. The molecule has 0 saturated heterocycles. The predicted molar refractivity (Wildman–Crippen MR) is 362 cm³/mol. The van der Waals surface area contributed by atoms with Gasteiger partial charge >= 0.3 is 0 Å². The van der Waals surface area contributed by atoms with Crippen LogP contribution in [0.3, 0.4) is 0 Å². The van der Waals surface area contributed by atoms with E-state index in [2.05, 4.69) is 254 Å². The first kappa shape index (κ1) is 59.2. The van der Waals surface area contributed by atoms with Gasteiger partial charge in [-0.05, 0) is 177 Å². The Morgan fingerprint density at radius 1 is 0.361 bits per heavy atom. The van der Waals surface area contributed by atoms with E-state index in [1.54, 1.807) is 6.08 Å². The van der Waals surface area contributed by atoms with Gasteiger partial charge in [0.1, 0.15) is 49.4 Å². The number of rotatable bonds is 23. The molecule has 83 heavy (non-hydrogen) atoms. The maximum absolute atomic E-state index is 8.68. The first-order valence-corrected chi connectivity index (χ1v) is 29.4. The maximum atomic E-state index is 8.68. The van der Waals surface area contributed by atoms with Crippen molar-refractivity contribution in [3.05, 3.63) is 337 Å². The van der Waals surface area contributed by atoms with Gasteiger partial charge in [-0.15, -0.1) is 0 Å². The van der Waals surface area contributed by atoms with Crippen molar-refractivity contribution >= 4 is 75.6 Å². The quantitative estimate of drug-likeness (QED) is 0.0511. The molecule has 0 fully saturated rings. The SMILES string of the molecule is C=Cc1ccc(CO)cc1.C=Cc1ccc(COc2ccc(-c3cccc(C(c4cc(-c5ccc(OCc6ccc(C=C)cc6)cc5)ccc4OCc4ccc(C=C)cc4)c4cc(I)cc(I)c4OCc4ccc(C=C)cc4)c3)cc2)cc1. The van der Waals surface area contributed by atoms with Gasteiger partial charge in [0.25, 0.3) is 0 Å². The van der Waals surface area contributed by atoms with E-state index in [1.807, 2.05) is 72.8 Å². The minimum absolute atomic E-state index is 0.109. The van der Waals surface area contributed by atoms with Gasteiger partial charge in [-0.1, -0.05) is 239 Å². The van der Waals surface area contributed by atoms with E-state index in [-0.39, 0.29) is 12.5 Å². The smallest absolute Gasteiger partial charge is 0.137 e. The zero-order valence-electron chi connectivity index (χ0n) is 46.2. The highest BCUT2D eigenvalue weighted by molar-refractivity contribution is 14.1. The summed E-state index contributed by atoms with van der Waals surface area (Å²) in [4.78, 5) is 0. The fraction of sp³-hybridized carbons (Fsp3) is 0.0789. The summed E-state index contributed by atoms with van der Waals surface area (Å²) in [6, 6.07) is 77.3. The molecule has 7 heteroatoms. The van der Waals surface area contributed by atoms with Crippen molar-refractivity contribution in [2.75, 3.05) is 0 Å². The number of hydrogen-bond donors (Lipinski definition) is 1. The third-order valence-corrected chi connectivity index (χ3v) is 15.5. The number of aliphatic hydroxyl groups excluding tert-OH is 1. The largest absolute Gasteiger partial charge is 0.489 e. The molecule has 1 atom stereocenters. The molecular weight excluding hydrogens is 1250 g/mol. The Kier molecular flexibility index (Phi) is 21.0. The van der Waals surface area contributed by atoms with Crippen LogP contribution in [0.25, 0.3) is 52.6 Å². The normalized spacial score (nSPS) is 11.0. The molecule has 0 radical (unpaired) electrons. The highest BCUT2D eigenvalue weighted by Gasteiger charge is 2.28. The lowest BCUT2D eigenvalue weighted by Gasteiger charge is -2.26. The molecule has 1 unspecified atom stereocenters. The van der Waals surface area contributed by atoms with Crippen LogP contribution in [0.15, 0.2) is 257 Å². The number of halogens is 2. The molecule has 0 aliphatic rings. The molecule has 10 aromatic carbocycles. The molecule has 0 saturated carbocycles. The second kappa shape index (κ2) is 29.5. The number of benzene rings is 10. The van der Waals surface area contributed by atoms with E-state index in [1.165, 1.54) is 0 Å². The van der Waals surface area contributed by atoms with Crippen molar-refractivity contribution in [3.8, 4) is 45.3 Å². The molecular formula is C76H64I2O5. The Hall–Kier alpha value is -8.48. The summed E-state index contributed by atoms with van der Waals surface area (Å²) in [5.74, 6) is 2.86. The highest BCUT2D eigenvalue weighted by atomic mass is 127. The number of aliphatic hydroxyl groups is 1. The minimum atomic E-state index is -0.329. The molecule has 0 heterocycles. The Bertz CT molecular complexity index is 3790. The van der Waals surface area contributed by atoms with Crippen molar-refractivity contribution in [1.82, 2.24) is 0 Å². The van der Waals surface area contributed by atoms with Gasteiger partial charge in [0, 0.05) is 20.6 Å². The summed E-state index contributed by atoms with van der Waals surface area (Å²) < 4.78 is 28.5. The van der Waals surface area contributed by atoms with Gasteiger partial charge in [0.2, 0.25) is 0 Å². The van der Waals surface area contributed by atoms with E-state index < -0.39 is 0 Å². The first-order valence-electron chi connectivity index (χ1n) is 27.2. The summed E-state index contributed by atoms with van der Waals surface area (Å²) >= 11 is 4.86. The minimum Gasteiger partial charge on any atom is -0.489 e. The zero-order valence-corrected chi connectivity index (χ0v) is 50.5. The van der Waals surface area contributed by atoms with Crippen LogP contribution in [-0.4, -0.2) is 5.11 Å². The fourth-order valence-corrected chi connectivity index (χ4v) is 11.4. The summed E-state index contributed by atoms with van der Waals surface area (Å²) in [6.07, 6.45) is 9.18. The standard InChI is InChI=1S/C67H54I2O4.C9H10O/c1-5-46-12-20-50(21-13-46)42-70-60-33-28-54(29-34-60)56-10-9-11-58(38-56)66(63-40-59(68)41-64(69)67(63)73-45-53-26-18-49(8-4)19-27-53)62-39-57(32-37-65(62)72-44-52-24-16-48(7-3)17-25-52)55-30-35-61(36-31-55)71-43-51-22-14-47(6-2)15-23-51;1-2-8-3-5-9(7-10)6-4-8/h5-41,66H,1-4,42-45H2;2-6,10H,1,7H2. The van der Waals surface area contributed by atoms with Gasteiger partial charge in [-0.3, -0.25) is 0 Å². The van der Waals surface area contributed by atoms with E-state index in [0.29, 0.717) is 26.4 Å². The van der Waals surface area contributed by atoms with Crippen LogP contribution >= 0.6 is 45.2 Å². The molecule has 0 aliphatic heterocycles. The van der Waals surface area contributed by atoms with Crippen LogP contribution in [-0.2, 0) is 33.0 Å². The van der Waals surface area contributed by atoms with Gasteiger partial charge in [-0.2, -0.15) is 0 Å². The van der Waals surface area contributed by atoms with Crippen LogP contribution in [0.5, 0.6) is 23.0 Å². The van der Waals surface area contributed by atoms with Crippen LogP contribution in [0.2, 0.25) is 0 Å². The van der Waals surface area contributed by atoms with Crippen LogP contribution in [0.4, 0.5) is 0 Å². The summed E-state index contributed by atoms with van der Waals surface area (Å²) in [5.41, 5.74) is 18.0. The maximum Gasteiger partial charge on any atom is 0.137 e. The fourth-order valence-electron chi connectivity index (χ4n) is 9.35. The molecule has 412 valence electrons. The summed E-state index contributed by atoms with van der Waals surface area (Å²) in [6.45, 7) is 21.1. The predicted octanol–water partition coefficient (Wildman–Crippen LogP) is 20.1. The molecule has 1 N–H and O–H groups in total. The van der Waals surface area contributed by atoms with E-state index in [9.17, 15) is 0 Å². The van der Waals surface area contributed by atoms with Crippen molar-refractivity contribution in [1.29, 1.82) is 0 Å². The molecule has 0 aliphatic carbocycles. The lowest BCUT2D eigenvalue weighted by atomic mass is 9.82. The van der Waals surface area contributed by atoms with E-state index >= 15 is 0 Å². The summed E-state index contributed by atoms with van der Waals surface area (Å²) in [5, 5.41) is 8.68. The molecule has 0 bridgehead atoms. The number of hydrogen-bond acceptors (Lipinski definition) is 5. The van der Waals surface area contributed by atoms with Crippen molar-refractivity contribution in [3.63, 3.8) is 0 Å². The zero-order chi connectivity index (χ0) is 57.9. The number of ether oxygens (including phenoxy) is 4. The molecule has 5 nitrogen and oxygen atoms in total. The molecule has 10 aromatic rings. The Labute approximate surface area is 516 Å². The van der Waals surface area contributed by atoms with Crippen LogP contribution in [0, 0.1) is 7.14 Å². The van der Waals surface area contributed by atoms with Gasteiger partial charge < -0.3 is 24.1 Å². The Morgan fingerprint density at radius 3 is 1.17 bits per heavy atom. The van der Waals surface area contributed by atoms with Crippen LogP contribution in [0.1, 0.15) is 78.2 Å². The highest BCUT2D eigenvalue weighted by Crippen LogP contribution is 2.46. The Morgan fingerprint density at radius 2 is 0.747 bits per heavy atom. The Balaban J connectivity index is 0.000000750. The van der Waals surface area contributed by atoms with E-state index in [0.717, 1.165) is 125 Å². The first-order chi connectivity index (χ1) is 40.6. The lowest BCUT2D eigenvalue weighted by molar-refractivity contribution is 0.282. The van der Waals surface area contributed by atoms with Gasteiger partial charge in [0.05, 0.1) is 10.2 Å². The summed E-state index contributed by atoms with van der Waals surface area (Å²) in [7, 11) is 0. The van der Waals surface area contributed by atoms with Gasteiger partial charge in [-0.25, -0.2) is 0 Å². The topological polar surface area (TPSA) is 57.2 Å². The molecule has 0 spiro atoms. The lowest BCUT2D eigenvalue weighted by Crippen LogP contribution is -2.11. The van der Waals surface area contributed by atoms with Crippen molar-refractivity contribution in [2.45, 2.75) is 39.0 Å². The van der Waals surface area contributed by atoms with E-state index in [4.69, 9.17) is 24.1 Å². The second-order valence-corrected chi connectivity index (χ2v) is 22.1. The molecule has 0 amide bonds. The average Bonchev–Trinajstić information content (AvgIpc) is 2.74. The third kappa shape index (κ3) is 16.2. The molecule has 0 aromatic heterocycles. The van der Waals surface area contributed by atoms with Crippen LogP contribution < -0.4 is 18.9 Å². The van der Waals surface area contributed by atoms with Gasteiger partial charge in [0.15, 0.2) is 0 Å². The average molecular weight is 1310 g/mol.